The Hall–Kier alpha value is -1.33. The van der Waals surface area contributed by atoms with Crippen LogP contribution < -0.4 is 11.1 Å². The SMILES string of the molecule is COCC(CNc1ccc(N)c(C)n1)OC. The van der Waals surface area contributed by atoms with Gasteiger partial charge in [0.1, 0.15) is 5.82 Å². The highest BCUT2D eigenvalue weighted by Crippen LogP contribution is 2.11. The predicted octanol–water partition coefficient (Wildman–Crippen LogP) is 1.05. The normalized spacial score (nSPS) is 12.4. The Morgan fingerprint density at radius 3 is 2.75 bits per heavy atom. The first kappa shape index (κ1) is 12.7. The van der Waals surface area contributed by atoms with E-state index in [-0.39, 0.29) is 6.10 Å². The molecule has 0 amide bonds. The molecular formula is C11H19N3O2. The van der Waals surface area contributed by atoms with Crippen molar-refractivity contribution in [1.29, 1.82) is 0 Å². The van der Waals surface area contributed by atoms with Crippen LogP contribution in [-0.2, 0) is 9.47 Å². The standard InChI is InChI=1S/C11H19N3O2/c1-8-10(12)4-5-11(14-8)13-6-9(16-3)7-15-2/h4-5,9H,6-7,12H2,1-3H3,(H,13,14). The Morgan fingerprint density at radius 2 is 2.19 bits per heavy atom. The number of nitrogens with two attached hydrogens (primary N) is 1. The maximum Gasteiger partial charge on any atom is 0.126 e. The topological polar surface area (TPSA) is 69.4 Å². The molecule has 16 heavy (non-hydrogen) atoms. The van der Waals surface area contributed by atoms with Crippen LogP contribution in [-0.4, -0.2) is 38.5 Å². The molecule has 0 bridgehead atoms. The van der Waals surface area contributed by atoms with Gasteiger partial charge in [0.25, 0.3) is 0 Å². The van der Waals surface area contributed by atoms with Crippen LogP contribution in [0.5, 0.6) is 0 Å². The van der Waals surface area contributed by atoms with E-state index in [9.17, 15) is 0 Å². The zero-order valence-corrected chi connectivity index (χ0v) is 9.99. The van der Waals surface area contributed by atoms with Gasteiger partial charge in [-0.05, 0) is 19.1 Å². The van der Waals surface area contributed by atoms with Crippen molar-refractivity contribution < 1.29 is 9.47 Å². The van der Waals surface area contributed by atoms with Crippen molar-refractivity contribution >= 4 is 11.5 Å². The summed E-state index contributed by atoms with van der Waals surface area (Å²) >= 11 is 0. The first-order chi connectivity index (χ1) is 7.67. The first-order valence-corrected chi connectivity index (χ1v) is 5.16. The van der Waals surface area contributed by atoms with Gasteiger partial charge in [-0.15, -0.1) is 0 Å². The number of hydrogen-bond donors (Lipinski definition) is 2. The van der Waals surface area contributed by atoms with Crippen LogP contribution in [0.25, 0.3) is 0 Å². The molecule has 1 rings (SSSR count). The molecule has 0 aliphatic rings. The van der Waals surface area contributed by atoms with Crippen molar-refractivity contribution in [3.8, 4) is 0 Å². The van der Waals surface area contributed by atoms with Crippen LogP contribution in [0.2, 0.25) is 0 Å². The molecule has 0 aromatic carbocycles. The third-order valence-electron chi connectivity index (χ3n) is 2.32. The minimum absolute atomic E-state index is 0.0182. The summed E-state index contributed by atoms with van der Waals surface area (Å²) in [5.74, 6) is 0.796. The third-order valence-corrected chi connectivity index (χ3v) is 2.32. The van der Waals surface area contributed by atoms with Crippen molar-refractivity contribution in [2.24, 2.45) is 0 Å². The zero-order chi connectivity index (χ0) is 12.0. The van der Waals surface area contributed by atoms with Gasteiger partial charge >= 0.3 is 0 Å². The summed E-state index contributed by atoms with van der Waals surface area (Å²) in [6, 6.07) is 3.69. The molecule has 1 heterocycles. The van der Waals surface area contributed by atoms with Gasteiger partial charge in [-0.25, -0.2) is 4.98 Å². The number of nitrogens with one attached hydrogen (secondary N) is 1. The molecule has 1 aromatic rings. The van der Waals surface area contributed by atoms with E-state index in [0.29, 0.717) is 18.8 Å². The summed E-state index contributed by atoms with van der Waals surface area (Å²) < 4.78 is 10.2. The van der Waals surface area contributed by atoms with E-state index in [0.717, 1.165) is 11.5 Å². The van der Waals surface area contributed by atoms with Crippen LogP contribution in [0.15, 0.2) is 12.1 Å². The number of aryl methyl sites for hydroxylation is 1. The Morgan fingerprint density at radius 1 is 1.44 bits per heavy atom. The van der Waals surface area contributed by atoms with Crippen molar-refractivity contribution in [2.75, 3.05) is 38.4 Å². The van der Waals surface area contributed by atoms with Gasteiger partial charge in [-0.1, -0.05) is 0 Å². The largest absolute Gasteiger partial charge is 0.397 e. The second kappa shape index (κ2) is 6.30. The summed E-state index contributed by atoms with van der Waals surface area (Å²) in [6.07, 6.45) is 0.0182. The highest BCUT2D eigenvalue weighted by molar-refractivity contribution is 5.49. The molecule has 1 unspecified atom stereocenters. The fourth-order valence-corrected chi connectivity index (χ4v) is 1.28. The molecule has 1 atom stereocenters. The Kier molecular flexibility index (Phi) is 5.01. The first-order valence-electron chi connectivity index (χ1n) is 5.16. The summed E-state index contributed by atoms with van der Waals surface area (Å²) in [5, 5.41) is 3.18. The molecule has 0 saturated heterocycles. The molecule has 0 aliphatic carbocycles. The van der Waals surface area contributed by atoms with E-state index >= 15 is 0 Å². The van der Waals surface area contributed by atoms with Crippen molar-refractivity contribution in [2.45, 2.75) is 13.0 Å². The lowest BCUT2D eigenvalue weighted by Crippen LogP contribution is -2.26. The van der Waals surface area contributed by atoms with Crippen LogP contribution in [0, 0.1) is 6.92 Å². The molecule has 0 fully saturated rings. The Bertz CT molecular complexity index is 331. The second-order valence-corrected chi connectivity index (χ2v) is 3.57. The van der Waals surface area contributed by atoms with Crippen LogP contribution in [0.3, 0.4) is 0 Å². The lowest BCUT2D eigenvalue weighted by atomic mass is 10.3. The molecule has 0 spiro atoms. The average molecular weight is 225 g/mol. The summed E-state index contributed by atoms with van der Waals surface area (Å²) in [7, 11) is 3.31. The van der Waals surface area contributed by atoms with Crippen molar-refractivity contribution in [1.82, 2.24) is 4.98 Å². The van der Waals surface area contributed by atoms with E-state index in [2.05, 4.69) is 10.3 Å². The molecule has 0 radical (unpaired) electrons. The molecule has 0 aliphatic heterocycles. The lowest BCUT2D eigenvalue weighted by molar-refractivity contribution is 0.0365. The van der Waals surface area contributed by atoms with Crippen molar-refractivity contribution in [3.63, 3.8) is 0 Å². The maximum absolute atomic E-state index is 5.68. The molecule has 3 N–H and O–H groups in total. The number of rotatable bonds is 6. The smallest absolute Gasteiger partial charge is 0.126 e. The number of methoxy groups -OCH3 is 2. The van der Waals surface area contributed by atoms with Gasteiger partial charge in [-0.3, -0.25) is 0 Å². The lowest BCUT2D eigenvalue weighted by Gasteiger charge is -2.15. The number of nitrogens with zero attached hydrogens (tertiary/aromatic N) is 1. The van der Waals surface area contributed by atoms with Gasteiger partial charge in [0.15, 0.2) is 0 Å². The molecule has 90 valence electrons. The van der Waals surface area contributed by atoms with Crippen LogP contribution in [0.4, 0.5) is 11.5 Å². The number of aromatic nitrogens is 1. The van der Waals surface area contributed by atoms with Crippen molar-refractivity contribution in [3.05, 3.63) is 17.8 Å². The quantitative estimate of drug-likeness (QED) is 0.757. The van der Waals surface area contributed by atoms with Gasteiger partial charge in [-0.2, -0.15) is 0 Å². The summed E-state index contributed by atoms with van der Waals surface area (Å²) in [4.78, 5) is 4.31. The molecule has 5 heteroatoms. The number of ether oxygens (including phenoxy) is 2. The summed E-state index contributed by atoms with van der Waals surface area (Å²) in [6.45, 7) is 3.08. The van der Waals surface area contributed by atoms with Crippen LogP contribution >= 0.6 is 0 Å². The number of nitrogen functional groups attached to an aromatic ring is 1. The maximum atomic E-state index is 5.68. The number of pyridine rings is 1. The van der Waals surface area contributed by atoms with E-state index in [4.69, 9.17) is 15.2 Å². The molecule has 5 nitrogen and oxygen atoms in total. The van der Waals surface area contributed by atoms with E-state index in [1.165, 1.54) is 0 Å². The monoisotopic (exact) mass is 225 g/mol. The fourth-order valence-electron chi connectivity index (χ4n) is 1.28. The van der Waals surface area contributed by atoms with Crippen LogP contribution in [0.1, 0.15) is 5.69 Å². The van der Waals surface area contributed by atoms with E-state index < -0.39 is 0 Å². The van der Waals surface area contributed by atoms with Gasteiger partial charge in [0, 0.05) is 20.8 Å². The molecule has 1 aromatic heterocycles. The summed E-state index contributed by atoms with van der Waals surface area (Å²) in [5.41, 5.74) is 7.21. The second-order valence-electron chi connectivity index (χ2n) is 3.57. The van der Waals surface area contributed by atoms with E-state index in [1.54, 1.807) is 14.2 Å². The minimum Gasteiger partial charge on any atom is -0.397 e. The highest BCUT2D eigenvalue weighted by Gasteiger charge is 2.06. The Balaban J connectivity index is 2.50. The van der Waals surface area contributed by atoms with Gasteiger partial charge in [0.05, 0.1) is 24.1 Å². The number of anilines is 2. The average Bonchev–Trinajstić information content (AvgIpc) is 2.28. The van der Waals surface area contributed by atoms with Gasteiger partial charge in [0.2, 0.25) is 0 Å². The highest BCUT2D eigenvalue weighted by atomic mass is 16.5. The zero-order valence-electron chi connectivity index (χ0n) is 9.99. The third kappa shape index (κ3) is 3.67. The minimum atomic E-state index is 0.0182. The predicted molar refractivity (Wildman–Crippen MR) is 64.5 cm³/mol. The van der Waals surface area contributed by atoms with Gasteiger partial charge < -0.3 is 20.5 Å². The molecular weight excluding hydrogens is 206 g/mol. The number of hydrogen-bond acceptors (Lipinski definition) is 5. The Labute approximate surface area is 96.0 Å². The molecule has 0 saturated carbocycles. The van der Waals surface area contributed by atoms with E-state index in [1.807, 2.05) is 19.1 Å². The fraction of sp³-hybridized carbons (Fsp3) is 0.545.